The number of rotatable bonds is 3. The second-order valence-corrected chi connectivity index (χ2v) is 9.18. The lowest BCUT2D eigenvalue weighted by molar-refractivity contribution is 0.222. The Bertz CT molecular complexity index is 1060. The Morgan fingerprint density at radius 1 is 0.960 bits per heavy atom. The Morgan fingerprint density at radius 2 is 1.56 bits per heavy atom. The molecule has 9 heteroatoms. The third kappa shape index (κ3) is 2.94. The molecular weight excluding hydrogens is 362 g/mol. The van der Waals surface area contributed by atoms with Gasteiger partial charge in [0.15, 0.2) is 5.84 Å². The fourth-order valence-electron chi connectivity index (χ4n) is 2.48. The topological polar surface area (TPSA) is 87.1 Å². The molecule has 0 amide bonds. The van der Waals surface area contributed by atoms with Crippen molar-refractivity contribution in [3.63, 3.8) is 0 Å². The van der Waals surface area contributed by atoms with Gasteiger partial charge in [0.2, 0.25) is 0 Å². The number of hydrogen-bond acceptors (Lipinski definition) is 5. The average molecular weight is 379 g/mol. The highest BCUT2D eigenvalue weighted by atomic mass is 32.2. The number of nitrogens with zero attached hydrogens (tertiary/aromatic N) is 3. The van der Waals surface area contributed by atoms with E-state index in [2.05, 4.69) is 4.40 Å². The largest absolute Gasteiger partial charge is 0.285 e. The molecule has 25 heavy (non-hydrogen) atoms. The van der Waals surface area contributed by atoms with E-state index in [9.17, 15) is 16.8 Å². The number of aryl methyl sites for hydroxylation is 1. The molecule has 0 saturated heterocycles. The summed E-state index contributed by atoms with van der Waals surface area (Å²) in [7, 11) is -4.86. The molecule has 1 aliphatic heterocycles. The summed E-state index contributed by atoms with van der Waals surface area (Å²) in [5, 5.41) is 1.22. The van der Waals surface area contributed by atoms with Gasteiger partial charge in [-0.3, -0.25) is 5.01 Å². The minimum atomic E-state index is -3.85. The molecule has 0 aliphatic carbocycles. The van der Waals surface area contributed by atoms with Crippen LogP contribution in [0.15, 0.2) is 62.7 Å². The smallest absolute Gasteiger partial charge is 0.278 e. The van der Waals surface area contributed by atoms with E-state index >= 15 is 0 Å². The van der Waals surface area contributed by atoms with Crippen LogP contribution in [0.3, 0.4) is 0 Å². The van der Waals surface area contributed by atoms with Crippen LogP contribution in [0.5, 0.6) is 0 Å². The maximum atomic E-state index is 12.8. The molecule has 7 nitrogen and oxygen atoms in total. The van der Waals surface area contributed by atoms with Crippen molar-refractivity contribution in [2.24, 2.45) is 4.40 Å². The molecular formula is C16H17N3O4S2. The SMILES string of the molecule is Cc1ccc(S(=O)(=O)N(C)N(C)C2=NS(=O)(=O)c3ccccc32)cc1. The molecule has 0 saturated carbocycles. The van der Waals surface area contributed by atoms with Crippen molar-refractivity contribution < 1.29 is 16.8 Å². The molecule has 0 fully saturated rings. The quantitative estimate of drug-likeness (QED) is 0.756. The van der Waals surface area contributed by atoms with Crippen molar-refractivity contribution in [3.8, 4) is 0 Å². The fourth-order valence-corrected chi connectivity index (χ4v) is 4.89. The number of benzene rings is 2. The molecule has 0 aromatic heterocycles. The minimum Gasteiger partial charge on any atom is -0.278 e. The Hall–Kier alpha value is -2.23. The van der Waals surface area contributed by atoms with Gasteiger partial charge in [-0.05, 0) is 31.2 Å². The second kappa shape index (κ2) is 5.94. The van der Waals surface area contributed by atoms with Crippen LogP contribution in [0.4, 0.5) is 0 Å². The van der Waals surface area contributed by atoms with Gasteiger partial charge in [0, 0.05) is 19.7 Å². The molecule has 0 bridgehead atoms. The monoisotopic (exact) mass is 379 g/mol. The normalized spacial score (nSPS) is 15.8. The molecule has 0 radical (unpaired) electrons. The zero-order valence-electron chi connectivity index (χ0n) is 13.9. The lowest BCUT2D eigenvalue weighted by Crippen LogP contribution is -2.44. The summed E-state index contributed by atoms with van der Waals surface area (Å²) >= 11 is 0. The number of fused-ring (bicyclic) bond motifs is 1. The molecule has 2 aromatic rings. The van der Waals surface area contributed by atoms with Crippen LogP contribution in [0.2, 0.25) is 0 Å². The summed E-state index contributed by atoms with van der Waals surface area (Å²) in [4.78, 5) is 0.181. The molecule has 0 spiro atoms. The van der Waals surface area contributed by atoms with Crippen LogP contribution in [-0.2, 0) is 20.0 Å². The zero-order chi connectivity index (χ0) is 18.4. The number of amidine groups is 1. The van der Waals surface area contributed by atoms with E-state index in [1.807, 2.05) is 6.92 Å². The van der Waals surface area contributed by atoms with Gasteiger partial charge in [-0.25, -0.2) is 8.42 Å². The summed E-state index contributed by atoms with van der Waals surface area (Å²) in [5.41, 5.74) is 1.31. The van der Waals surface area contributed by atoms with Crippen molar-refractivity contribution >= 4 is 25.9 Å². The molecule has 0 atom stereocenters. The van der Waals surface area contributed by atoms with E-state index in [4.69, 9.17) is 0 Å². The first kappa shape index (κ1) is 17.6. The van der Waals surface area contributed by atoms with E-state index in [1.165, 1.54) is 37.3 Å². The highest BCUT2D eigenvalue weighted by Crippen LogP contribution is 2.28. The number of hydrazine groups is 1. The van der Waals surface area contributed by atoms with Crippen LogP contribution in [0, 0.1) is 6.92 Å². The van der Waals surface area contributed by atoms with Crippen LogP contribution >= 0.6 is 0 Å². The van der Waals surface area contributed by atoms with E-state index in [0.717, 1.165) is 9.98 Å². The molecule has 3 rings (SSSR count). The second-order valence-electron chi connectivity index (χ2n) is 5.66. The van der Waals surface area contributed by atoms with Crippen LogP contribution in [0.1, 0.15) is 11.1 Å². The van der Waals surface area contributed by atoms with Crippen LogP contribution in [0.25, 0.3) is 0 Å². The Morgan fingerprint density at radius 3 is 2.20 bits per heavy atom. The van der Waals surface area contributed by atoms with Gasteiger partial charge in [0.25, 0.3) is 20.0 Å². The van der Waals surface area contributed by atoms with E-state index in [-0.39, 0.29) is 15.6 Å². The predicted octanol–water partition coefficient (Wildman–Crippen LogP) is 1.61. The third-order valence-electron chi connectivity index (χ3n) is 4.01. The van der Waals surface area contributed by atoms with E-state index < -0.39 is 20.0 Å². The lowest BCUT2D eigenvalue weighted by Gasteiger charge is -2.28. The highest BCUT2D eigenvalue weighted by molar-refractivity contribution is 7.91. The highest BCUT2D eigenvalue weighted by Gasteiger charge is 2.34. The van der Waals surface area contributed by atoms with Gasteiger partial charge in [-0.2, -0.15) is 8.42 Å². The first-order chi connectivity index (χ1) is 11.6. The van der Waals surface area contributed by atoms with Crippen molar-refractivity contribution in [1.29, 1.82) is 0 Å². The first-order valence-electron chi connectivity index (χ1n) is 7.38. The molecule has 0 N–H and O–H groups in total. The Balaban J connectivity index is 2.01. The molecule has 1 aliphatic rings. The first-order valence-corrected chi connectivity index (χ1v) is 10.3. The number of hydrogen-bond donors (Lipinski definition) is 0. The van der Waals surface area contributed by atoms with E-state index in [1.54, 1.807) is 30.3 Å². The average Bonchev–Trinajstić information content (AvgIpc) is 2.86. The number of sulfonamides is 2. The van der Waals surface area contributed by atoms with Gasteiger partial charge in [-0.15, -0.1) is 8.81 Å². The maximum Gasteiger partial charge on any atom is 0.285 e. The molecule has 132 valence electrons. The molecule has 0 unspecified atom stereocenters. The summed E-state index contributed by atoms with van der Waals surface area (Å²) in [6.07, 6.45) is 0. The Kier molecular flexibility index (Phi) is 4.18. The fraction of sp³-hybridized carbons (Fsp3) is 0.188. The zero-order valence-corrected chi connectivity index (χ0v) is 15.5. The minimum absolute atomic E-state index is 0.0637. The summed E-state index contributed by atoms with van der Waals surface area (Å²) in [5.74, 6) is 0.0637. The summed E-state index contributed by atoms with van der Waals surface area (Å²) in [6.45, 7) is 1.86. The van der Waals surface area contributed by atoms with Gasteiger partial charge in [0.1, 0.15) is 4.90 Å². The Labute approximate surface area is 147 Å². The van der Waals surface area contributed by atoms with Crippen LogP contribution in [-0.4, -0.2) is 46.2 Å². The van der Waals surface area contributed by atoms with Crippen molar-refractivity contribution in [2.45, 2.75) is 16.7 Å². The van der Waals surface area contributed by atoms with Crippen molar-refractivity contribution in [2.75, 3.05) is 14.1 Å². The van der Waals surface area contributed by atoms with E-state index in [0.29, 0.717) is 5.56 Å². The molecule has 1 heterocycles. The van der Waals surface area contributed by atoms with Gasteiger partial charge < -0.3 is 0 Å². The predicted molar refractivity (Wildman–Crippen MR) is 94.1 cm³/mol. The lowest BCUT2D eigenvalue weighted by atomic mass is 10.2. The van der Waals surface area contributed by atoms with Gasteiger partial charge in [0.05, 0.1) is 4.90 Å². The van der Waals surface area contributed by atoms with Gasteiger partial charge >= 0.3 is 0 Å². The summed E-state index contributed by atoms with van der Waals surface area (Å²) < 4.78 is 54.6. The standard InChI is InChI=1S/C16H17N3O4S2/c1-12-8-10-13(11-9-12)25(22,23)19(3)18(2)16-14-6-4-5-7-15(14)24(20,21)17-16/h4-11H,1-3H3. The third-order valence-corrected chi connectivity index (χ3v) is 7.14. The van der Waals surface area contributed by atoms with Crippen LogP contribution < -0.4 is 0 Å². The maximum absolute atomic E-state index is 12.8. The van der Waals surface area contributed by atoms with Crippen molar-refractivity contribution in [3.05, 3.63) is 59.7 Å². The summed E-state index contributed by atoms with van der Waals surface area (Å²) in [6, 6.07) is 12.7. The van der Waals surface area contributed by atoms with Gasteiger partial charge in [-0.1, -0.05) is 29.8 Å². The van der Waals surface area contributed by atoms with Crippen molar-refractivity contribution in [1.82, 2.24) is 9.42 Å². The molecule has 2 aromatic carbocycles.